The molecule has 20 heavy (non-hydrogen) atoms. The van der Waals surface area contributed by atoms with Crippen LogP contribution in [-0.2, 0) is 0 Å². The van der Waals surface area contributed by atoms with Crippen molar-refractivity contribution in [2.45, 2.75) is 26.9 Å². The molecule has 2 rings (SSSR count). The Morgan fingerprint density at radius 3 is 2.65 bits per heavy atom. The Kier molecular flexibility index (Phi) is 4.08. The van der Waals surface area contributed by atoms with E-state index in [1.54, 1.807) is 37.3 Å². The van der Waals surface area contributed by atoms with Crippen molar-refractivity contribution in [3.63, 3.8) is 0 Å². The molecule has 1 heterocycles. The summed E-state index contributed by atoms with van der Waals surface area (Å²) in [6.07, 6.45) is -0.0595. The van der Waals surface area contributed by atoms with Crippen molar-refractivity contribution in [2.24, 2.45) is 0 Å². The number of hydrogen-bond acceptors (Lipinski definition) is 4. The van der Waals surface area contributed by atoms with Crippen molar-refractivity contribution < 1.29 is 13.9 Å². The van der Waals surface area contributed by atoms with Crippen LogP contribution in [0, 0.1) is 12.7 Å². The fourth-order valence-electron chi connectivity index (χ4n) is 1.62. The Hall–Kier alpha value is -2.30. The van der Waals surface area contributed by atoms with E-state index in [2.05, 4.69) is 4.98 Å². The monoisotopic (exact) mass is 276 g/mol. The van der Waals surface area contributed by atoms with E-state index in [-0.39, 0.29) is 23.6 Å². The van der Waals surface area contributed by atoms with Gasteiger partial charge in [0.25, 0.3) is 0 Å². The Morgan fingerprint density at radius 2 is 1.95 bits per heavy atom. The second-order valence-electron chi connectivity index (χ2n) is 4.70. The number of hydrogen-bond donors (Lipinski definition) is 1. The molecule has 0 unspecified atom stereocenters. The fourth-order valence-corrected chi connectivity index (χ4v) is 1.62. The molecule has 0 aliphatic heterocycles. The number of nitrogens with zero attached hydrogens (tertiary/aromatic N) is 1. The van der Waals surface area contributed by atoms with E-state index >= 15 is 0 Å². The zero-order valence-corrected chi connectivity index (χ0v) is 11.7. The average Bonchev–Trinajstić information content (AvgIpc) is 2.38. The van der Waals surface area contributed by atoms with Crippen LogP contribution >= 0.6 is 0 Å². The number of anilines is 1. The van der Waals surface area contributed by atoms with Crippen LogP contribution in [0.3, 0.4) is 0 Å². The van der Waals surface area contributed by atoms with Gasteiger partial charge in [0.2, 0.25) is 11.8 Å². The molecule has 4 nitrogen and oxygen atoms in total. The molecule has 0 aliphatic carbocycles. The highest BCUT2D eigenvalue weighted by Crippen LogP contribution is 2.28. The van der Waals surface area contributed by atoms with Crippen LogP contribution in [0.1, 0.15) is 19.4 Å². The van der Waals surface area contributed by atoms with Crippen molar-refractivity contribution >= 4 is 5.69 Å². The molecule has 1 aromatic carbocycles. The SMILES string of the molecule is Cc1cccc(Oc2ccc(N)c(OC(C)C)n2)c1F. The number of halogens is 1. The van der Waals surface area contributed by atoms with Gasteiger partial charge in [-0.25, -0.2) is 4.39 Å². The Labute approximate surface area is 117 Å². The van der Waals surface area contributed by atoms with Gasteiger partial charge in [-0.05, 0) is 38.5 Å². The summed E-state index contributed by atoms with van der Waals surface area (Å²) in [5.74, 6) is 0.236. The molecule has 0 amide bonds. The first-order chi connectivity index (χ1) is 9.47. The summed E-state index contributed by atoms with van der Waals surface area (Å²) in [4.78, 5) is 4.14. The summed E-state index contributed by atoms with van der Waals surface area (Å²) in [5.41, 5.74) is 6.69. The van der Waals surface area contributed by atoms with Crippen molar-refractivity contribution in [1.82, 2.24) is 4.98 Å². The molecule has 5 heteroatoms. The fraction of sp³-hybridized carbons (Fsp3) is 0.267. The molecule has 0 fully saturated rings. The lowest BCUT2D eigenvalue weighted by molar-refractivity contribution is 0.232. The van der Waals surface area contributed by atoms with Gasteiger partial charge in [-0.2, -0.15) is 4.98 Å². The summed E-state index contributed by atoms with van der Waals surface area (Å²) in [6.45, 7) is 5.41. The molecule has 0 aliphatic rings. The van der Waals surface area contributed by atoms with Crippen molar-refractivity contribution in [2.75, 3.05) is 5.73 Å². The van der Waals surface area contributed by atoms with Crippen LogP contribution in [0.2, 0.25) is 0 Å². The molecule has 0 atom stereocenters. The highest BCUT2D eigenvalue weighted by Gasteiger charge is 2.11. The van der Waals surface area contributed by atoms with Crippen molar-refractivity contribution in [3.8, 4) is 17.5 Å². The first-order valence-electron chi connectivity index (χ1n) is 6.33. The number of benzene rings is 1. The molecule has 2 aromatic rings. The second-order valence-corrected chi connectivity index (χ2v) is 4.70. The third-order valence-corrected chi connectivity index (χ3v) is 2.58. The van der Waals surface area contributed by atoms with Crippen LogP contribution in [0.25, 0.3) is 0 Å². The lowest BCUT2D eigenvalue weighted by Gasteiger charge is -2.13. The Balaban J connectivity index is 2.27. The number of rotatable bonds is 4. The average molecular weight is 276 g/mol. The maximum atomic E-state index is 13.9. The Bertz CT molecular complexity index is 615. The molecule has 0 saturated carbocycles. The largest absolute Gasteiger partial charge is 0.473 e. The maximum absolute atomic E-state index is 13.9. The summed E-state index contributed by atoms with van der Waals surface area (Å²) in [7, 11) is 0. The van der Waals surface area contributed by atoms with Crippen LogP contribution < -0.4 is 15.2 Å². The van der Waals surface area contributed by atoms with Crippen LogP contribution in [0.4, 0.5) is 10.1 Å². The van der Waals surface area contributed by atoms with Gasteiger partial charge in [-0.15, -0.1) is 0 Å². The van der Waals surface area contributed by atoms with E-state index < -0.39 is 5.82 Å². The molecule has 0 spiro atoms. The molecule has 1 aromatic heterocycles. The summed E-state index contributed by atoms with van der Waals surface area (Å²) in [5, 5.41) is 0. The first-order valence-corrected chi connectivity index (χ1v) is 6.33. The minimum atomic E-state index is -0.405. The van der Waals surface area contributed by atoms with Crippen molar-refractivity contribution in [3.05, 3.63) is 41.7 Å². The number of aromatic nitrogens is 1. The van der Waals surface area contributed by atoms with Gasteiger partial charge >= 0.3 is 0 Å². The van der Waals surface area contributed by atoms with E-state index in [9.17, 15) is 4.39 Å². The van der Waals surface area contributed by atoms with Gasteiger partial charge in [-0.3, -0.25) is 0 Å². The van der Waals surface area contributed by atoms with E-state index in [0.29, 0.717) is 11.3 Å². The van der Waals surface area contributed by atoms with Gasteiger partial charge in [0.05, 0.1) is 11.8 Å². The quantitative estimate of drug-likeness (QED) is 0.925. The molecular formula is C15H17FN2O2. The van der Waals surface area contributed by atoms with Gasteiger partial charge < -0.3 is 15.2 Å². The van der Waals surface area contributed by atoms with E-state index in [0.717, 1.165) is 0 Å². The molecule has 106 valence electrons. The van der Waals surface area contributed by atoms with Crippen LogP contribution in [0.15, 0.2) is 30.3 Å². The maximum Gasteiger partial charge on any atom is 0.240 e. The molecular weight excluding hydrogens is 259 g/mol. The van der Waals surface area contributed by atoms with Crippen LogP contribution in [0.5, 0.6) is 17.5 Å². The lowest BCUT2D eigenvalue weighted by atomic mass is 10.2. The van der Waals surface area contributed by atoms with E-state index in [4.69, 9.17) is 15.2 Å². The number of nitrogens with two attached hydrogens (primary N) is 1. The minimum absolute atomic E-state index is 0.0595. The normalized spacial score (nSPS) is 10.7. The summed E-state index contributed by atoms with van der Waals surface area (Å²) >= 11 is 0. The van der Waals surface area contributed by atoms with Gasteiger partial charge in [0, 0.05) is 6.07 Å². The third-order valence-electron chi connectivity index (χ3n) is 2.58. The predicted molar refractivity (Wildman–Crippen MR) is 75.6 cm³/mol. The van der Waals surface area contributed by atoms with Crippen LogP contribution in [-0.4, -0.2) is 11.1 Å². The Morgan fingerprint density at radius 1 is 1.20 bits per heavy atom. The lowest BCUT2D eigenvalue weighted by Crippen LogP contribution is -2.09. The van der Waals surface area contributed by atoms with Crippen molar-refractivity contribution in [1.29, 1.82) is 0 Å². The highest BCUT2D eigenvalue weighted by molar-refractivity contribution is 5.50. The number of nitrogen functional groups attached to an aromatic ring is 1. The topological polar surface area (TPSA) is 57.4 Å². The smallest absolute Gasteiger partial charge is 0.240 e. The minimum Gasteiger partial charge on any atom is -0.473 e. The highest BCUT2D eigenvalue weighted by atomic mass is 19.1. The summed E-state index contributed by atoms with van der Waals surface area (Å²) in [6, 6.07) is 8.13. The van der Waals surface area contributed by atoms with Gasteiger partial charge in [0.15, 0.2) is 11.6 Å². The van der Waals surface area contributed by atoms with Gasteiger partial charge in [0.1, 0.15) is 0 Å². The molecule has 2 N–H and O–H groups in total. The molecule has 0 radical (unpaired) electrons. The zero-order chi connectivity index (χ0) is 14.7. The number of pyridine rings is 1. The second kappa shape index (κ2) is 5.77. The molecule has 0 saturated heterocycles. The number of ether oxygens (including phenoxy) is 2. The van der Waals surface area contributed by atoms with Gasteiger partial charge in [-0.1, -0.05) is 12.1 Å². The zero-order valence-electron chi connectivity index (χ0n) is 11.7. The summed E-state index contributed by atoms with van der Waals surface area (Å²) < 4.78 is 24.8. The predicted octanol–water partition coefficient (Wildman–Crippen LogP) is 3.69. The third kappa shape index (κ3) is 3.17. The first kappa shape index (κ1) is 14.1. The van der Waals surface area contributed by atoms with E-state index in [1.807, 2.05) is 13.8 Å². The standard InChI is InChI=1S/C15H17FN2O2/c1-9(2)19-15-11(17)7-8-13(18-15)20-12-6-4-5-10(3)14(12)16/h4-9H,17H2,1-3H3. The molecule has 0 bridgehead atoms. The number of aryl methyl sites for hydroxylation is 1. The van der Waals surface area contributed by atoms with E-state index in [1.165, 1.54) is 0 Å².